The summed E-state index contributed by atoms with van der Waals surface area (Å²) in [5.41, 5.74) is 0.947. The van der Waals surface area contributed by atoms with Gasteiger partial charge in [-0.15, -0.1) is 0 Å². The third-order valence-electron chi connectivity index (χ3n) is 4.75. The first-order valence-corrected chi connectivity index (χ1v) is 10.2. The molecule has 154 valence electrons. The summed E-state index contributed by atoms with van der Waals surface area (Å²) >= 11 is 18.3. The van der Waals surface area contributed by atoms with Crippen LogP contribution in [-0.4, -0.2) is 53.5 Å². The number of benzene rings is 1. The van der Waals surface area contributed by atoms with Crippen molar-refractivity contribution in [3.63, 3.8) is 0 Å². The predicted molar refractivity (Wildman–Crippen MR) is 113 cm³/mol. The van der Waals surface area contributed by atoms with Crippen molar-refractivity contribution in [1.29, 1.82) is 0 Å². The van der Waals surface area contributed by atoms with Gasteiger partial charge in [0.15, 0.2) is 0 Å². The van der Waals surface area contributed by atoms with Crippen LogP contribution in [0.4, 0.5) is 0 Å². The van der Waals surface area contributed by atoms with Crippen LogP contribution in [0.2, 0.25) is 15.1 Å². The Kier molecular flexibility index (Phi) is 7.35. The molecule has 29 heavy (non-hydrogen) atoms. The first-order chi connectivity index (χ1) is 13.9. The minimum absolute atomic E-state index is 0.0564. The van der Waals surface area contributed by atoms with E-state index in [0.29, 0.717) is 24.7 Å². The Morgan fingerprint density at radius 2 is 1.97 bits per heavy atom. The van der Waals surface area contributed by atoms with Crippen molar-refractivity contribution >= 4 is 46.6 Å². The molecule has 0 bridgehead atoms. The highest BCUT2D eigenvalue weighted by atomic mass is 35.5. The van der Waals surface area contributed by atoms with E-state index in [1.807, 2.05) is 6.92 Å². The van der Waals surface area contributed by atoms with Crippen LogP contribution in [0.25, 0.3) is 0 Å². The summed E-state index contributed by atoms with van der Waals surface area (Å²) in [6.45, 7) is 3.04. The fourth-order valence-electron chi connectivity index (χ4n) is 3.11. The van der Waals surface area contributed by atoms with Gasteiger partial charge in [-0.25, -0.2) is 0 Å². The Hall–Kier alpha value is -1.86. The van der Waals surface area contributed by atoms with Crippen molar-refractivity contribution < 1.29 is 14.3 Å². The van der Waals surface area contributed by atoms with Crippen LogP contribution in [0.1, 0.15) is 22.8 Å². The normalized spacial score (nSPS) is 17.7. The largest absolute Gasteiger partial charge is 0.372 e. The number of hydrogen-bond donors (Lipinski definition) is 1. The molecule has 9 heteroatoms. The Bertz CT molecular complexity index is 889. The third kappa shape index (κ3) is 5.39. The number of nitrogens with zero attached hydrogens (tertiary/aromatic N) is 2. The second-order valence-electron chi connectivity index (χ2n) is 6.75. The van der Waals surface area contributed by atoms with Crippen LogP contribution < -0.4 is 5.32 Å². The lowest BCUT2D eigenvalue weighted by atomic mass is 10.1. The quantitative estimate of drug-likeness (QED) is 0.746. The lowest BCUT2D eigenvalue weighted by molar-refractivity contribution is -0.138. The number of ether oxygens (including phenoxy) is 1. The number of carbonyl (C=O) groups is 2. The zero-order chi connectivity index (χ0) is 21.0. The van der Waals surface area contributed by atoms with E-state index in [1.54, 1.807) is 35.4 Å². The number of nitrogens with one attached hydrogen (secondary N) is 1. The van der Waals surface area contributed by atoms with Crippen molar-refractivity contribution in [3.8, 4) is 0 Å². The highest BCUT2D eigenvalue weighted by Crippen LogP contribution is 2.24. The number of carbonyl (C=O) groups excluding carboxylic acids is 2. The van der Waals surface area contributed by atoms with Gasteiger partial charge in [0, 0.05) is 25.5 Å². The molecule has 0 saturated carbocycles. The van der Waals surface area contributed by atoms with Crippen LogP contribution in [0, 0.1) is 0 Å². The Labute approximate surface area is 184 Å². The standard InChI is InChI=1S/C20H20Cl3N3O3/c1-12(25-20(28)19-14(21)3-2-4-15(19)22)17-11-26(7-8-29-17)18(27)9-13-5-6-24-10-16(13)23/h2-6,10,12,17H,7-9,11H2,1H3,(H,25,28). The summed E-state index contributed by atoms with van der Waals surface area (Å²) in [7, 11) is 0. The molecule has 2 amide bonds. The van der Waals surface area contributed by atoms with E-state index in [2.05, 4.69) is 10.3 Å². The van der Waals surface area contributed by atoms with Crippen LogP contribution in [0.5, 0.6) is 0 Å². The van der Waals surface area contributed by atoms with Crippen LogP contribution in [0.3, 0.4) is 0 Å². The Morgan fingerprint density at radius 1 is 1.24 bits per heavy atom. The van der Waals surface area contributed by atoms with Gasteiger partial charge < -0.3 is 15.0 Å². The van der Waals surface area contributed by atoms with E-state index in [0.717, 1.165) is 5.56 Å². The lowest BCUT2D eigenvalue weighted by Gasteiger charge is -2.36. The van der Waals surface area contributed by atoms with Gasteiger partial charge in [0.1, 0.15) is 0 Å². The molecule has 2 atom stereocenters. The van der Waals surface area contributed by atoms with Gasteiger partial charge in [0.2, 0.25) is 5.91 Å². The number of aromatic nitrogens is 1. The average molecular weight is 457 g/mol. The lowest BCUT2D eigenvalue weighted by Crippen LogP contribution is -2.54. The molecular formula is C20H20Cl3N3O3. The number of morpholine rings is 1. The van der Waals surface area contributed by atoms with Gasteiger partial charge in [0.25, 0.3) is 5.91 Å². The smallest absolute Gasteiger partial charge is 0.254 e. The summed E-state index contributed by atoms with van der Waals surface area (Å²) in [6, 6.07) is 6.26. The monoisotopic (exact) mass is 455 g/mol. The fourth-order valence-corrected chi connectivity index (χ4v) is 3.87. The Morgan fingerprint density at radius 3 is 2.66 bits per heavy atom. The molecular weight excluding hydrogens is 437 g/mol. The number of hydrogen-bond acceptors (Lipinski definition) is 4. The van der Waals surface area contributed by atoms with E-state index >= 15 is 0 Å². The molecule has 1 aliphatic heterocycles. The van der Waals surface area contributed by atoms with Crippen LogP contribution in [-0.2, 0) is 16.0 Å². The highest BCUT2D eigenvalue weighted by molar-refractivity contribution is 6.39. The number of rotatable bonds is 5. The second kappa shape index (κ2) is 9.76. The Balaban J connectivity index is 1.62. The van der Waals surface area contributed by atoms with Crippen molar-refractivity contribution in [2.75, 3.05) is 19.7 Å². The molecule has 2 unspecified atom stereocenters. The van der Waals surface area contributed by atoms with E-state index in [-0.39, 0.29) is 46.0 Å². The fraction of sp³-hybridized carbons (Fsp3) is 0.350. The molecule has 1 saturated heterocycles. The molecule has 3 rings (SSSR count). The molecule has 2 aromatic rings. The van der Waals surface area contributed by atoms with Gasteiger partial charge in [-0.3, -0.25) is 14.6 Å². The summed E-state index contributed by atoms with van der Waals surface area (Å²) in [6.07, 6.45) is 2.95. The van der Waals surface area contributed by atoms with Crippen molar-refractivity contribution in [1.82, 2.24) is 15.2 Å². The second-order valence-corrected chi connectivity index (χ2v) is 7.97. The van der Waals surface area contributed by atoms with Crippen LogP contribution in [0.15, 0.2) is 36.7 Å². The number of amides is 2. The number of pyridine rings is 1. The molecule has 2 heterocycles. The third-order valence-corrected chi connectivity index (χ3v) is 5.72. The SMILES string of the molecule is CC(NC(=O)c1c(Cl)cccc1Cl)C1CN(C(=O)Cc2ccncc2Cl)CCO1. The van der Waals surface area contributed by atoms with Crippen molar-refractivity contribution in [3.05, 3.63) is 62.9 Å². The maximum Gasteiger partial charge on any atom is 0.254 e. The maximum atomic E-state index is 12.7. The van der Waals surface area contributed by atoms with E-state index in [4.69, 9.17) is 39.5 Å². The first kappa shape index (κ1) is 21.8. The average Bonchev–Trinajstić information content (AvgIpc) is 2.69. The first-order valence-electron chi connectivity index (χ1n) is 9.09. The zero-order valence-electron chi connectivity index (χ0n) is 15.7. The minimum atomic E-state index is -0.385. The maximum absolute atomic E-state index is 12.7. The van der Waals surface area contributed by atoms with Crippen LogP contribution >= 0.6 is 34.8 Å². The number of halogens is 3. The summed E-state index contributed by atoms with van der Waals surface area (Å²) in [4.78, 5) is 30.9. The molecule has 0 radical (unpaired) electrons. The van der Waals surface area contributed by atoms with Gasteiger partial charge in [0.05, 0.1) is 45.8 Å². The van der Waals surface area contributed by atoms with E-state index in [1.165, 1.54) is 6.20 Å². The van der Waals surface area contributed by atoms with E-state index in [9.17, 15) is 9.59 Å². The van der Waals surface area contributed by atoms with Gasteiger partial charge >= 0.3 is 0 Å². The minimum Gasteiger partial charge on any atom is -0.372 e. The molecule has 1 N–H and O–H groups in total. The molecule has 0 aliphatic carbocycles. The predicted octanol–water partition coefficient (Wildman–Crippen LogP) is 3.63. The molecule has 1 aliphatic rings. The summed E-state index contributed by atoms with van der Waals surface area (Å²) in [5, 5.41) is 3.88. The van der Waals surface area contributed by atoms with Crippen molar-refractivity contribution in [2.45, 2.75) is 25.5 Å². The van der Waals surface area contributed by atoms with Gasteiger partial charge in [-0.05, 0) is 30.7 Å². The highest BCUT2D eigenvalue weighted by Gasteiger charge is 2.30. The molecule has 1 aromatic heterocycles. The van der Waals surface area contributed by atoms with Gasteiger partial charge in [-0.2, -0.15) is 0 Å². The van der Waals surface area contributed by atoms with Crippen molar-refractivity contribution in [2.24, 2.45) is 0 Å². The molecule has 1 fully saturated rings. The van der Waals surface area contributed by atoms with E-state index < -0.39 is 0 Å². The zero-order valence-corrected chi connectivity index (χ0v) is 18.0. The molecule has 0 spiro atoms. The molecule has 6 nitrogen and oxygen atoms in total. The van der Waals surface area contributed by atoms with Gasteiger partial charge in [-0.1, -0.05) is 40.9 Å². The topological polar surface area (TPSA) is 71.5 Å². The summed E-state index contributed by atoms with van der Waals surface area (Å²) in [5.74, 6) is -0.442. The molecule has 1 aromatic carbocycles. The summed E-state index contributed by atoms with van der Waals surface area (Å²) < 4.78 is 5.78.